The number of carbonyl (C=O) groups is 3. The van der Waals surface area contributed by atoms with Crippen LogP contribution < -0.4 is 3.87 Å². The number of fused-ring (bicyclic) bond motifs is 3. The van der Waals surface area contributed by atoms with Gasteiger partial charge in [-0.2, -0.15) is 0 Å². The van der Waals surface area contributed by atoms with Crippen LogP contribution in [0.2, 0.25) is 0 Å². The summed E-state index contributed by atoms with van der Waals surface area (Å²) in [5.74, 6) is -2.61. The molecule has 6 nitrogen and oxygen atoms in total. The Bertz CT molecular complexity index is 984. The number of hydrogen-bond donors (Lipinski definition) is 0. The van der Waals surface area contributed by atoms with Crippen molar-refractivity contribution >= 4 is 21.8 Å². The van der Waals surface area contributed by atoms with Crippen molar-refractivity contribution < 1.29 is 42.1 Å². The van der Waals surface area contributed by atoms with Gasteiger partial charge in [-0.05, 0) is 0 Å². The van der Waals surface area contributed by atoms with Crippen LogP contribution in [-0.4, -0.2) is 17.9 Å². The normalized spacial score (nSPS) is 11.4. The van der Waals surface area contributed by atoms with Crippen LogP contribution in [0.25, 0.3) is 11.1 Å². The molecule has 0 heterocycles. The van der Waals surface area contributed by atoms with Gasteiger partial charge in [-0.3, -0.25) is 0 Å². The maximum absolute atomic E-state index is 12.1. The molecule has 1 aliphatic carbocycles. The Morgan fingerprint density at radius 3 is 1.83 bits per heavy atom. The Balaban J connectivity index is 2.23. The molecular weight excluding hydrogens is 408 g/mol. The van der Waals surface area contributed by atoms with Crippen LogP contribution in [0.5, 0.6) is 0 Å². The van der Waals surface area contributed by atoms with Crippen molar-refractivity contribution in [3.05, 3.63) is 91.6 Å². The first kappa shape index (κ1) is 20.5. The second-order valence-electron chi connectivity index (χ2n) is 6.10. The summed E-state index contributed by atoms with van der Waals surface area (Å²) >= 11 is -5.05. The third-order valence-corrected chi connectivity index (χ3v) is 8.35. The van der Waals surface area contributed by atoms with E-state index in [2.05, 4.69) is 19.7 Å². The van der Waals surface area contributed by atoms with Crippen LogP contribution in [0.15, 0.2) is 80.4 Å². The molecule has 0 saturated heterocycles. The van der Waals surface area contributed by atoms with Crippen molar-refractivity contribution in [1.82, 2.24) is 0 Å². The van der Waals surface area contributed by atoms with Crippen LogP contribution in [-0.2, 0) is 48.5 Å². The van der Waals surface area contributed by atoms with E-state index in [4.69, 9.17) is 9.96 Å². The van der Waals surface area contributed by atoms with Gasteiger partial charge < -0.3 is 0 Å². The third kappa shape index (κ3) is 3.99. The van der Waals surface area contributed by atoms with Crippen molar-refractivity contribution in [3.63, 3.8) is 0 Å². The van der Waals surface area contributed by atoms with E-state index in [0.717, 1.165) is 40.5 Å². The number of rotatable bonds is 7. The summed E-state index contributed by atoms with van der Waals surface area (Å²) in [6.07, 6.45) is 3.27. The fraction of sp³-hybridized carbons (Fsp3) is 0.0455. The fourth-order valence-electron chi connectivity index (χ4n) is 3.19. The van der Waals surface area contributed by atoms with E-state index in [1.807, 2.05) is 30.3 Å². The second kappa shape index (κ2) is 8.43. The van der Waals surface area contributed by atoms with E-state index in [0.29, 0.717) is 10.3 Å². The van der Waals surface area contributed by atoms with Gasteiger partial charge in [-0.1, -0.05) is 0 Å². The summed E-state index contributed by atoms with van der Waals surface area (Å²) in [6, 6.07) is 13.1. The molecule has 0 radical (unpaired) electrons. The zero-order valence-electron chi connectivity index (χ0n) is 15.6. The third-order valence-electron chi connectivity index (χ3n) is 4.39. The molecular formula is C22H18O6Ti. The molecule has 0 fully saturated rings. The van der Waals surface area contributed by atoms with E-state index >= 15 is 0 Å². The van der Waals surface area contributed by atoms with E-state index in [1.54, 1.807) is 12.1 Å². The van der Waals surface area contributed by atoms with Gasteiger partial charge in [0.1, 0.15) is 0 Å². The molecule has 0 saturated carbocycles. The predicted octanol–water partition coefficient (Wildman–Crippen LogP) is 2.97. The molecule has 0 spiro atoms. The van der Waals surface area contributed by atoms with Gasteiger partial charge >= 0.3 is 173 Å². The van der Waals surface area contributed by atoms with E-state index in [9.17, 15) is 14.4 Å². The summed E-state index contributed by atoms with van der Waals surface area (Å²) < 4.78 is 16.9. The molecule has 0 aromatic heterocycles. The van der Waals surface area contributed by atoms with Crippen LogP contribution in [0.3, 0.4) is 0 Å². The summed E-state index contributed by atoms with van der Waals surface area (Å²) in [4.78, 5) is 36.4. The Morgan fingerprint density at radius 1 is 0.759 bits per heavy atom. The summed E-state index contributed by atoms with van der Waals surface area (Å²) in [5, 5.41) is 0. The van der Waals surface area contributed by atoms with Gasteiger partial charge in [-0.25, -0.2) is 0 Å². The van der Waals surface area contributed by atoms with Gasteiger partial charge in [0, 0.05) is 0 Å². The fourth-order valence-corrected chi connectivity index (χ4v) is 6.93. The molecule has 29 heavy (non-hydrogen) atoms. The Morgan fingerprint density at radius 2 is 1.28 bits per heavy atom. The molecule has 1 aliphatic rings. The first-order chi connectivity index (χ1) is 13.9. The van der Waals surface area contributed by atoms with Crippen LogP contribution in [0, 0.1) is 0 Å². The van der Waals surface area contributed by atoms with Gasteiger partial charge in [0.05, 0.1) is 0 Å². The number of hydrogen-bond acceptors (Lipinski definition) is 6. The standard InChI is InChI=1S/C13H9.3C3H4O2.Ti/c1-3-7-12-10(5-1)9-11-6-2-4-8-13(11)12;3*1-2-3(4)5;/h1-5,7-8H,9H2;3*2H,1H2,(H,4,5);/q;;;;+3/p-3. The topological polar surface area (TPSA) is 78.9 Å². The molecule has 2 aromatic carbocycles. The SMILES string of the molecule is C=CC(=O)[O][Ti]([O]C(=O)C=C)([O]C(=O)C=C)[c]1cccc2c1Cc1ccccc1-2. The summed E-state index contributed by atoms with van der Waals surface area (Å²) in [6.45, 7) is 10.1. The molecule has 0 aliphatic heterocycles. The van der Waals surface area contributed by atoms with Crippen LogP contribution in [0.4, 0.5) is 0 Å². The first-order valence-corrected chi connectivity index (χ1v) is 11.4. The molecule has 2 aromatic rings. The molecule has 7 heteroatoms. The molecule has 0 amide bonds. The van der Waals surface area contributed by atoms with E-state index in [1.165, 1.54) is 0 Å². The quantitative estimate of drug-likeness (QED) is 0.427. The van der Waals surface area contributed by atoms with Crippen molar-refractivity contribution in [1.29, 1.82) is 0 Å². The van der Waals surface area contributed by atoms with Crippen molar-refractivity contribution in [2.45, 2.75) is 6.42 Å². The van der Waals surface area contributed by atoms with Crippen molar-refractivity contribution in [2.75, 3.05) is 0 Å². The zero-order valence-corrected chi connectivity index (χ0v) is 17.1. The minimum absolute atomic E-state index is 0.388. The Kier molecular flexibility index (Phi) is 5.96. The number of carbonyl (C=O) groups excluding carboxylic acids is 3. The Hall–Kier alpha value is -3.22. The van der Waals surface area contributed by atoms with Crippen LogP contribution >= 0.6 is 0 Å². The van der Waals surface area contributed by atoms with Crippen molar-refractivity contribution in [2.24, 2.45) is 0 Å². The van der Waals surface area contributed by atoms with Gasteiger partial charge in [-0.15, -0.1) is 0 Å². The molecule has 0 N–H and O–H groups in total. The van der Waals surface area contributed by atoms with Gasteiger partial charge in [0.15, 0.2) is 0 Å². The monoisotopic (exact) mass is 426 g/mol. The average molecular weight is 426 g/mol. The van der Waals surface area contributed by atoms with E-state index in [-0.39, 0.29) is 0 Å². The maximum atomic E-state index is 12.1. The predicted molar refractivity (Wildman–Crippen MR) is 103 cm³/mol. The van der Waals surface area contributed by atoms with Gasteiger partial charge in [0.25, 0.3) is 0 Å². The first-order valence-electron chi connectivity index (χ1n) is 8.71. The molecule has 0 atom stereocenters. The summed E-state index contributed by atoms with van der Waals surface area (Å²) in [5.41, 5.74) is 3.75. The number of benzene rings is 2. The molecule has 146 valence electrons. The summed E-state index contributed by atoms with van der Waals surface area (Å²) in [7, 11) is 0. The second-order valence-corrected chi connectivity index (χ2v) is 9.63. The minimum atomic E-state index is -5.05. The molecule has 0 bridgehead atoms. The van der Waals surface area contributed by atoms with E-state index < -0.39 is 35.7 Å². The zero-order chi connectivity index (χ0) is 21.0. The van der Waals surface area contributed by atoms with Crippen molar-refractivity contribution in [3.8, 4) is 11.1 Å². The molecule has 0 unspecified atom stereocenters. The van der Waals surface area contributed by atoms with Gasteiger partial charge in [0.2, 0.25) is 0 Å². The van der Waals surface area contributed by atoms with Crippen LogP contribution in [0.1, 0.15) is 11.1 Å². The average Bonchev–Trinajstić information content (AvgIpc) is 3.11. The Labute approximate surface area is 172 Å². The molecule has 3 rings (SSSR count).